The van der Waals surface area contributed by atoms with Gasteiger partial charge in [0.05, 0.1) is 6.54 Å². The van der Waals surface area contributed by atoms with Gasteiger partial charge in [0.1, 0.15) is 11.5 Å². The first-order chi connectivity index (χ1) is 10.6. The molecule has 1 aliphatic carbocycles. The third kappa shape index (κ3) is 3.20. The van der Waals surface area contributed by atoms with E-state index in [1.807, 2.05) is 54.6 Å². The van der Waals surface area contributed by atoms with Gasteiger partial charge in [-0.3, -0.25) is 5.21 Å². The zero-order valence-electron chi connectivity index (χ0n) is 12.1. The van der Waals surface area contributed by atoms with E-state index in [4.69, 9.17) is 10.5 Å². The number of hydrogen-bond donors (Lipinski definition) is 2. The molecule has 114 valence electrons. The summed E-state index contributed by atoms with van der Waals surface area (Å²) in [7, 11) is 0. The summed E-state index contributed by atoms with van der Waals surface area (Å²) in [6.07, 6.45) is 0.902. The summed E-state index contributed by atoms with van der Waals surface area (Å²) >= 11 is 0. The first kappa shape index (κ1) is 14.4. The maximum Gasteiger partial charge on any atom is 0.338 e. The summed E-state index contributed by atoms with van der Waals surface area (Å²) in [5.41, 5.74) is 6.13. The average Bonchev–Trinajstić information content (AvgIpc) is 3.27. The minimum atomic E-state index is -0.820. The lowest BCUT2D eigenvalue weighted by Crippen LogP contribution is -2.34. The molecule has 0 saturated heterocycles. The van der Waals surface area contributed by atoms with E-state index in [1.54, 1.807) is 0 Å². The SMILES string of the molecule is NC(=O)N(O)C[C@@H]1C[C@H]1c1ccccc1Oc1ccccc1. The second kappa shape index (κ2) is 6.07. The van der Waals surface area contributed by atoms with E-state index in [1.165, 1.54) is 0 Å². The molecular weight excluding hydrogens is 280 g/mol. The van der Waals surface area contributed by atoms with Gasteiger partial charge in [0.2, 0.25) is 0 Å². The quantitative estimate of drug-likeness (QED) is 0.656. The van der Waals surface area contributed by atoms with Crippen LogP contribution in [0.25, 0.3) is 0 Å². The molecule has 3 rings (SSSR count). The fourth-order valence-corrected chi connectivity index (χ4v) is 2.64. The molecule has 1 fully saturated rings. The van der Waals surface area contributed by atoms with E-state index in [9.17, 15) is 10.0 Å². The van der Waals surface area contributed by atoms with Crippen molar-refractivity contribution in [2.75, 3.05) is 6.54 Å². The summed E-state index contributed by atoms with van der Waals surface area (Å²) in [5, 5.41) is 10.0. The molecular formula is C17H18N2O3. The number of nitrogens with two attached hydrogens (primary N) is 1. The van der Waals surface area contributed by atoms with Crippen LogP contribution >= 0.6 is 0 Å². The van der Waals surface area contributed by atoms with Crippen molar-refractivity contribution in [2.45, 2.75) is 12.3 Å². The molecule has 0 radical (unpaired) electrons. The molecule has 3 N–H and O–H groups in total. The number of rotatable bonds is 5. The summed E-state index contributed by atoms with van der Waals surface area (Å²) in [5.74, 6) is 2.07. The summed E-state index contributed by atoms with van der Waals surface area (Å²) < 4.78 is 5.94. The Kier molecular flexibility index (Phi) is 3.98. The number of carbonyl (C=O) groups is 1. The number of hydrogen-bond acceptors (Lipinski definition) is 3. The largest absolute Gasteiger partial charge is 0.457 e. The molecule has 2 aromatic carbocycles. The van der Waals surface area contributed by atoms with E-state index < -0.39 is 6.03 Å². The molecule has 0 aliphatic heterocycles. The van der Waals surface area contributed by atoms with Gasteiger partial charge in [0.25, 0.3) is 0 Å². The Morgan fingerprint density at radius 2 is 1.86 bits per heavy atom. The van der Waals surface area contributed by atoms with Gasteiger partial charge >= 0.3 is 6.03 Å². The van der Waals surface area contributed by atoms with Gasteiger partial charge < -0.3 is 10.5 Å². The fourth-order valence-electron chi connectivity index (χ4n) is 2.64. The minimum absolute atomic E-state index is 0.207. The standard InChI is InChI=1S/C17H18N2O3/c18-17(20)19(21)11-12-10-15(12)14-8-4-5-9-16(14)22-13-6-2-1-3-7-13/h1-9,12,15,21H,10-11H2,(H2,18,20)/t12-,15+/m0/s1. The number of primary amides is 1. The number of benzene rings is 2. The van der Waals surface area contributed by atoms with Gasteiger partial charge in [-0.15, -0.1) is 0 Å². The fraction of sp³-hybridized carbons (Fsp3) is 0.235. The Balaban J connectivity index is 1.72. The van der Waals surface area contributed by atoms with E-state index in [0.717, 1.165) is 23.5 Å². The van der Waals surface area contributed by atoms with Crippen LogP contribution in [0.5, 0.6) is 11.5 Å². The van der Waals surface area contributed by atoms with Crippen LogP contribution in [-0.2, 0) is 0 Å². The Morgan fingerprint density at radius 1 is 1.18 bits per heavy atom. The molecule has 0 unspecified atom stereocenters. The summed E-state index contributed by atoms with van der Waals surface area (Å²) in [6, 6.07) is 16.6. The predicted molar refractivity (Wildman–Crippen MR) is 81.9 cm³/mol. The number of para-hydroxylation sites is 2. The molecule has 0 spiro atoms. The molecule has 0 aromatic heterocycles. The molecule has 2 amide bonds. The Bertz CT molecular complexity index is 660. The highest BCUT2D eigenvalue weighted by molar-refractivity contribution is 5.70. The van der Waals surface area contributed by atoms with Crippen molar-refractivity contribution in [2.24, 2.45) is 11.7 Å². The van der Waals surface area contributed by atoms with Crippen molar-refractivity contribution in [1.29, 1.82) is 0 Å². The van der Waals surface area contributed by atoms with Crippen LogP contribution in [0.3, 0.4) is 0 Å². The van der Waals surface area contributed by atoms with Gasteiger partial charge in [-0.1, -0.05) is 36.4 Å². The molecule has 0 bridgehead atoms. The minimum Gasteiger partial charge on any atom is -0.457 e. The highest BCUT2D eigenvalue weighted by Gasteiger charge is 2.41. The molecule has 2 aromatic rings. The summed E-state index contributed by atoms with van der Waals surface area (Å²) in [4.78, 5) is 10.9. The van der Waals surface area contributed by atoms with Crippen LogP contribution in [0.2, 0.25) is 0 Å². The van der Waals surface area contributed by atoms with Crippen molar-refractivity contribution in [3.05, 3.63) is 60.2 Å². The Hall–Kier alpha value is -2.53. The Labute approximate surface area is 128 Å². The third-order valence-electron chi connectivity index (χ3n) is 3.87. The first-order valence-electron chi connectivity index (χ1n) is 7.23. The van der Waals surface area contributed by atoms with Crippen LogP contribution in [0.4, 0.5) is 4.79 Å². The molecule has 2 atom stereocenters. The second-order valence-corrected chi connectivity index (χ2v) is 5.48. The van der Waals surface area contributed by atoms with Crippen LogP contribution in [-0.4, -0.2) is 22.8 Å². The van der Waals surface area contributed by atoms with Crippen LogP contribution < -0.4 is 10.5 Å². The van der Waals surface area contributed by atoms with Gasteiger partial charge in [-0.05, 0) is 42.0 Å². The van der Waals surface area contributed by atoms with E-state index in [0.29, 0.717) is 5.06 Å². The molecule has 0 heterocycles. The topological polar surface area (TPSA) is 75.8 Å². The lowest BCUT2D eigenvalue weighted by molar-refractivity contribution is -0.0431. The van der Waals surface area contributed by atoms with Gasteiger partial charge in [-0.25, -0.2) is 9.86 Å². The smallest absolute Gasteiger partial charge is 0.338 e. The van der Waals surface area contributed by atoms with Crippen LogP contribution in [0.15, 0.2) is 54.6 Å². The molecule has 1 aliphatic rings. The van der Waals surface area contributed by atoms with Gasteiger partial charge in [0, 0.05) is 0 Å². The van der Waals surface area contributed by atoms with Crippen LogP contribution in [0.1, 0.15) is 17.9 Å². The van der Waals surface area contributed by atoms with E-state index in [-0.39, 0.29) is 18.4 Å². The summed E-state index contributed by atoms with van der Waals surface area (Å²) in [6.45, 7) is 0.250. The van der Waals surface area contributed by atoms with Crippen molar-refractivity contribution >= 4 is 6.03 Å². The number of nitrogens with zero attached hydrogens (tertiary/aromatic N) is 1. The van der Waals surface area contributed by atoms with Crippen LogP contribution in [0, 0.1) is 5.92 Å². The zero-order chi connectivity index (χ0) is 15.5. The van der Waals surface area contributed by atoms with Crippen molar-refractivity contribution < 1.29 is 14.7 Å². The number of ether oxygens (including phenoxy) is 1. The number of carbonyl (C=O) groups excluding carboxylic acids is 1. The normalized spacial score (nSPS) is 19.5. The highest BCUT2D eigenvalue weighted by Crippen LogP contribution is 2.51. The van der Waals surface area contributed by atoms with E-state index >= 15 is 0 Å². The van der Waals surface area contributed by atoms with Gasteiger partial charge in [0.15, 0.2) is 0 Å². The third-order valence-corrected chi connectivity index (χ3v) is 3.87. The van der Waals surface area contributed by atoms with Crippen molar-refractivity contribution in [3.63, 3.8) is 0 Å². The number of amides is 2. The molecule has 5 nitrogen and oxygen atoms in total. The van der Waals surface area contributed by atoms with Gasteiger partial charge in [-0.2, -0.15) is 0 Å². The first-order valence-corrected chi connectivity index (χ1v) is 7.23. The van der Waals surface area contributed by atoms with Crippen molar-refractivity contribution in [1.82, 2.24) is 5.06 Å². The maximum atomic E-state index is 10.9. The monoisotopic (exact) mass is 298 g/mol. The van der Waals surface area contributed by atoms with Crippen molar-refractivity contribution in [3.8, 4) is 11.5 Å². The Morgan fingerprint density at radius 3 is 2.59 bits per heavy atom. The molecule has 22 heavy (non-hydrogen) atoms. The highest BCUT2D eigenvalue weighted by atomic mass is 16.5. The van der Waals surface area contributed by atoms with E-state index in [2.05, 4.69) is 0 Å². The average molecular weight is 298 g/mol. The predicted octanol–water partition coefficient (Wildman–Crippen LogP) is 3.35. The molecule has 1 saturated carbocycles. The lowest BCUT2D eigenvalue weighted by Gasteiger charge is -2.13. The molecule has 5 heteroatoms. The number of urea groups is 1. The second-order valence-electron chi connectivity index (χ2n) is 5.48. The number of hydroxylamine groups is 2. The zero-order valence-corrected chi connectivity index (χ0v) is 12.1. The lowest BCUT2D eigenvalue weighted by atomic mass is 10.1. The maximum absolute atomic E-state index is 10.9.